The molecule has 232 valence electrons. The van der Waals surface area contributed by atoms with Crippen LogP contribution in [0.5, 0.6) is 0 Å². The van der Waals surface area contributed by atoms with Crippen LogP contribution in [-0.4, -0.2) is 76.9 Å². The number of rotatable bonds is 12. The molecule has 2 heterocycles. The van der Waals surface area contributed by atoms with Gasteiger partial charge in [-0.1, -0.05) is 63.2 Å². The molecular weight excluding hydrogens is 582 g/mol. The molecule has 6 atom stereocenters. The molecule has 2 aromatic carbocycles. The summed E-state index contributed by atoms with van der Waals surface area (Å²) in [5.41, 5.74) is 1.66. The third-order valence-corrected chi connectivity index (χ3v) is 11.3. The van der Waals surface area contributed by atoms with E-state index in [0.717, 1.165) is 24.0 Å². The Labute approximate surface area is 277 Å². The van der Waals surface area contributed by atoms with Gasteiger partial charge in [0.15, 0.2) is 0 Å². The third kappa shape index (κ3) is 8.67. The quantitative estimate of drug-likeness (QED) is 0.320. The fourth-order valence-corrected chi connectivity index (χ4v) is 9.47. The smallest absolute Gasteiger partial charge is 0.550 e. The Hall–Kier alpha value is -1.37. The number of piperidine rings is 1. The second-order valence-corrected chi connectivity index (χ2v) is 14.5. The first kappa shape index (κ1) is 36.1. The van der Waals surface area contributed by atoms with Gasteiger partial charge in [0, 0.05) is 50.0 Å². The molecule has 4 rings (SSSR count). The monoisotopic (exact) mass is 626 g/mol. The summed E-state index contributed by atoms with van der Waals surface area (Å²) in [6.07, 6.45) is -1.15. The van der Waals surface area contributed by atoms with E-state index in [2.05, 4.69) is 11.8 Å². The number of halogens is 1. The van der Waals surface area contributed by atoms with Crippen LogP contribution in [0.3, 0.4) is 0 Å². The van der Waals surface area contributed by atoms with Gasteiger partial charge in [0.1, 0.15) is 5.82 Å². The molecule has 2 fully saturated rings. The number of benzene rings is 2. The first-order valence-corrected chi connectivity index (χ1v) is 16.5. The molecule has 11 heteroatoms. The Morgan fingerprint density at radius 3 is 2.16 bits per heavy atom. The Morgan fingerprint density at radius 1 is 1.00 bits per heavy atom. The molecule has 0 aliphatic carbocycles. The van der Waals surface area contributed by atoms with Gasteiger partial charge in [-0.25, -0.2) is 17.1 Å². The van der Waals surface area contributed by atoms with Crippen molar-refractivity contribution in [3.63, 3.8) is 0 Å². The molecule has 4 unspecified atom stereocenters. The van der Waals surface area contributed by atoms with E-state index >= 15 is 0 Å². The number of carbonyl (C=O) groups excluding carboxylic acids is 1. The van der Waals surface area contributed by atoms with Crippen molar-refractivity contribution in [2.45, 2.75) is 88.3 Å². The number of aliphatic hydroxyl groups excluding tert-OH is 2. The predicted octanol–water partition coefficient (Wildman–Crippen LogP) is 0.0671. The molecule has 2 aliphatic rings. The van der Waals surface area contributed by atoms with E-state index in [4.69, 9.17) is 0 Å². The third-order valence-electron chi connectivity index (χ3n) is 8.96. The van der Waals surface area contributed by atoms with Crippen molar-refractivity contribution < 1.29 is 62.5 Å². The zero-order chi connectivity index (χ0) is 30.6. The molecule has 2 N–H and O–H groups in total. The first-order valence-electron chi connectivity index (χ1n) is 15.0. The molecule has 43 heavy (non-hydrogen) atoms. The number of carboxylic acid groups (broad SMARTS) is 1. The fourth-order valence-electron chi connectivity index (χ4n) is 6.91. The standard InChI is InChI=1S/C32H45FN2O6S.Na/c1-21(2)30-32(42(40,41)34-16-13-22(3)14-17-34)29(23-7-5-4-6-8-23)31(24-9-11-25(33)12-10-24)35(30)18-15-26(36)19-27(37)20-28(38)39;/h4-12,21-22,26-27,29-32,36-37H,13-20H2,1-3H3,(H,38,39);/q;+1/p-1/t26-,27-,29?,30?,31?,32?;/m1./s1. The molecule has 0 radical (unpaired) electrons. The number of aliphatic hydroxyl groups is 2. The number of aliphatic carboxylic acids is 1. The molecule has 2 saturated heterocycles. The van der Waals surface area contributed by atoms with Crippen molar-refractivity contribution in [1.82, 2.24) is 9.21 Å². The minimum absolute atomic E-state index is 0. The zero-order valence-corrected chi connectivity index (χ0v) is 28.5. The summed E-state index contributed by atoms with van der Waals surface area (Å²) in [4.78, 5) is 13.0. The summed E-state index contributed by atoms with van der Waals surface area (Å²) < 4.78 is 45.0. The Balaban J connectivity index is 0.00000506. The van der Waals surface area contributed by atoms with Gasteiger partial charge in [-0.15, -0.1) is 0 Å². The van der Waals surface area contributed by atoms with Crippen LogP contribution >= 0.6 is 0 Å². The van der Waals surface area contributed by atoms with E-state index in [1.807, 2.05) is 44.2 Å². The van der Waals surface area contributed by atoms with E-state index in [-0.39, 0.29) is 54.1 Å². The van der Waals surface area contributed by atoms with Crippen LogP contribution in [0.2, 0.25) is 0 Å². The van der Waals surface area contributed by atoms with Gasteiger partial charge < -0.3 is 20.1 Å². The average molecular weight is 627 g/mol. The van der Waals surface area contributed by atoms with Crippen molar-refractivity contribution in [2.24, 2.45) is 11.8 Å². The molecule has 0 spiro atoms. The number of likely N-dealkylation sites (tertiary alicyclic amines) is 1. The van der Waals surface area contributed by atoms with Gasteiger partial charge >= 0.3 is 29.6 Å². The fraction of sp³-hybridized carbons (Fsp3) is 0.594. The number of carboxylic acids is 1. The first-order chi connectivity index (χ1) is 19.9. The normalized spacial score (nSPS) is 25.4. The predicted molar refractivity (Wildman–Crippen MR) is 157 cm³/mol. The molecule has 2 aromatic rings. The summed E-state index contributed by atoms with van der Waals surface area (Å²) >= 11 is 0. The van der Waals surface area contributed by atoms with Crippen LogP contribution in [0, 0.1) is 17.7 Å². The molecular formula is C32H44FN2NaO6S. The summed E-state index contributed by atoms with van der Waals surface area (Å²) in [5.74, 6) is -1.86. The molecule has 8 nitrogen and oxygen atoms in total. The Bertz CT molecular complexity index is 1270. The van der Waals surface area contributed by atoms with Crippen molar-refractivity contribution >= 4 is 16.0 Å². The number of nitrogens with zero attached hydrogens (tertiary/aromatic N) is 2. The van der Waals surface area contributed by atoms with Gasteiger partial charge in [0.25, 0.3) is 0 Å². The van der Waals surface area contributed by atoms with E-state index in [1.54, 1.807) is 16.4 Å². The number of hydrogen-bond donors (Lipinski definition) is 2. The molecule has 2 aliphatic heterocycles. The Morgan fingerprint density at radius 2 is 1.60 bits per heavy atom. The zero-order valence-electron chi connectivity index (χ0n) is 25.7. The SMILES string of the molecule is CC1CCN(S(=O)(=O)C2C(c3ccccc3)C(c3ccc(F)cc3)N(CC[C@@H](O)C[C@@H](O)CC(=O)[O-])C2C(C)C)CC1.[Na+]. The van der Waals surface area contributed by atoms with Crippen LogP contribution in [0.15, 0.2) is 54.6 Å². The van der Waals surface area contributed by atoms with Crippen LogP contribution < -0.4 is 34.7 Å². The summed E-state index contributed by atoms with van der Waals surface area (Å²) in [5, 5.41) is 31.0. The molecule has 0 bridgehead atoms. The molecule has 0 amide bonds. The van der Waals surface area contributed by atoms with E-state index in [0.29, 0.717) is 25.6 Å². The number of sulfonamides is 1. The van der Waals surface area contributed by atoms with Gasteiger partial charge in [-0.2, -0.15) is 0 Å². The van der Waals surface area contributed by atoms with Gasteiger partial charge in [0.05, 0.1) is 17.5 Å². The second-order valence-electron chi connectivity index (χ2n) is 12.4. The Kier molecular flexibility index (Phi) is 13.2. The van der Waals surface area contributed by atoms with Crippen molar-refractivity contribution in [2.75, 3.05) is 19.6 Å². The number of carbonyl (C=O) groups is 1. The number of hydrogen-bond acceptors (Lipinski definition) is 7. The maximum Gasteiger partial charge on any atom is 1.00 e. The average Bonchev–Trinajstić information content (AvgIpc) is 3.29. The maximum atomic E-state index is 14.7. The summed E-state index contributed by atoms with van der Waals surface area (Å²) in [6.45, 7) is 7.41. The summed E-state index contributed by atoms with van der Waals surface area (Å²) in [7, 11) is -3.79. The van der Waals surface area contributed by atoms with Gasteiger partial charge in [0.2, 0.25) is 10.0 Å². The van der Waals surface area contributed by atoms with E-state index in [9.17, 15) is 32.9 Å². The molecule has 0 saturated carbocycles. The van der Waals surface area contributed by atoms with Crippen molar-refractivity contribution in [1.29, 1.82) is 0 Å². The van der Waals surface area contributed by atoms with Crippen LogP contribution in [-0.2, 0) is 14.8 Å². The minimum Gasteiger partial charge on any atom is -0.550 e. The van der Waals surface area contributed by atoms with Gasteiger partial charge in [-0.05, 0) is 60.8 Å². The largest absolute Gasteiger partial charge is 1.00 e. The summed E-state index contributed by atoms with van der Waals surface area (Å²) in [6, 6.07) is 14.9. The van der Waals surface area contributed by atoms with Crippen LogP contribution in [0.1, 0.15) is 76.0 Å². The van der Waals surface area contributed by atoms with Crippen LogP contribution in [0.4, 0.5) is 4.39 Å². The molecule has 0 aromatic heterocycles. The van der Waals surface area contributed by atoms with Gasteiger partial charge in [-0.3, -0.25) is 4.90 Å². The topological polar surface area (TPSA) is 121 Å². The van der Waals surface area contributed by atoms with E-state index < -0.39 is 57.9 Å². The van der Waals surface area contributed by atoms with Crippen molar-refractivity contribution in [3.8, 4) is 0 Å². The van der Waals surface area contributed by atoms with Crippen molar-refractivity contribution in [3.05, 3.63) is 71.5 Å². The van der Waals surface area contributed by atoms with Crippen LogP contribution in [0.25, 0.3) is 0 Å². The second kappa shape index (κ2) is 15.8. The maximum absolute atomic E-state index is 14.7. The van der Waals surface area contributed by atoms with E-state index in [1.165, 1.54) is 12.1 Å². The minimum atomic E-state index is -3.79.